The molecule has 1 radical (unpaired) electrons. The standard InChI is InChI=1S/C16H34N/c1-9-11-15(7,13(3)4)17-16(8,12-10-2)14(5)6/h13-14H,9-12H2,1-8H3. The number of nitrogens with zero attached hydrogens (tertiary/aromatic N) is 1. The number of hydrogen-bond acceptors (Lipinski definition) is 0. The lowest BCUT2D eigenvalue weighted by atomic mass is 9.77. The predicted molar refractivity (Wildman–Crippen MR) is 78.4 cm³/mol. The molecule has 1 nitrogen and oxygen atoms in total. The van der Waals surface area contributed by atoms with Crippen LogP contribution in [0.25, 0.3) is 0 Å². The van der Waals surface area contributed by atoms with Crippen LogP contribution in [0.5, 0.6) is 0 Å². The van der Waals surface area contributed by atoms with E-state index in [0.29, 0.717) is 11.8 Å². The Hall–Kier alpha value is -0.0400. The van der Waals surface area contributed by atoms with Gasteiger partial charge in [0.05, 0.1) is 0 Å². The molecular weight excluding hydrogens is 206 g/mol. The highest BCUT2D eigenvalue weighted by Crippen LogP contribution is 2.33. The van der Waals surface area contributed by atoms with Crippen LogP contribution in [0.1, 0.15) is 81.1 Å². The lowest BCUT2D eigenvalue weighted by Gasteiger charge is -2.44. The Balaban J connectivity index is 4.92. The van der Waals surface area contributed by atoms with Gasteiger partial charge in [0, 0.05) is 11.1 Å². The summed E-state index contributed by atoms with van der Waals surface area (Å²) in [6.07, 6.45) is 4.85. The van der Waals surface area contributed by atoms with Gasteiger partial charge in [-0.2, -0.15) is 0 Å². The van der Waals surface area contributed by atoms with Crippen LogP contribution in [0.3, 0.4) is 0 Å². The van der Waals surface area contributed by atoms with E-state index in [4.69, 9.17) is 5.32 Å². The third-order valence-electron chi connectivity index (χ3n) is 4.51. The fourth-order valence-corrected chi connectivity index (χ4v) is 2.54. The molecule has 0 saturated heterocycles. The molecule has 0 aromatic rings. The van der Waals surface area contributed by atoms with E-state index in [-0.39, 0.29) is 11.1 Å². The van der Waals surface area contributed by atoms with Gasteiger partial charge in [0.2, 0.25) is 0 Å². The highest BCUT2D eigenvalue weighted by molar-refractivity contribution is 4.96. The summed E-state index contributed by atoms with van der Waals surface area (Å²) in [6, 6.07) is 0. The molecule has 0 spiro atoms. The predicted octanol–water partition coefficient (Wildman–Crippen LogP) is 5.02. The second-order valence-corrected chi connectivity index (χ2v) is 6.64. The molecule has 0 rings (SSSR count). The van der Waals surface area contributed by atoms with Crippen molar-refractivity contribution >= 4 is 0 Å². The van der Waals surface area contributed by atoms with Crippen LogP contribution in [0.15, 0.2) is 0 Å². The zero-order valence-electron chi connectivity index (χ0n) is 13.4. The lowest BCUT2D eigenvalue weighted by Crippen LogP contribution is -2.54. The van der Waals surface area contributed by atoms with Crippen molar-refractivity contribution in [2.45, 2.75) is 92.2 Å². The number of hydrogen-bond donors (Lipinski definition) is 0. The van der Waals surface area contributed by atoms with Crippen molar-refractivity contribution in [1.29, 1.82) is 0 Å². The first kappa shape index (κ1) is 17.0. The maximum Gasteiger partial charge on any atom is 0.0357 e. The molecule has 2 atom stereocenters. The van der Waals surface area contributed by atoms with Crippen LogP contribution in [-0.4, -0.2) is 11.1 Å². The molecule has 0 N–H and O–H groups in total. The molecule has 2 unspecified atom stereocenters. The van der Waals surface area contributed by atoms with Crippen LogP contribution in [0.4, 0.5) is 0 Å². The van der Waals surface area contributed by atoms with E-state index >= 15 is 0 Å². The quantitative estimate of drug-likeness (QED) is 0.565. The maximum absolute atomic E-state index is 5.32. The second-order valence-electron chi connectivity index (χ2n) is 6.64. The Bertz CT molecular complexity index is 188. The van der Waals surface area contributed by atoms with Crippen molar-refractivity contribution in [3.63, 3.8) is 0 Å². The van der Waals surface area contributed by atoms with Gasteiger partial charge in [0.25, 0.3) is 0 Å². The van der Waals surface area contributed by atoms with Gasteiger partial charge in [0.1, 0.15) is 0 Å². The molecule has 0 aliphatic carbocycles. The molecule has 0 aliphatic rings. The SMILES string of the molecule is CCCC(C)([N]C(C)(CCC)C(C)C)C(C)C. The van der Waals surface area contributed by atoms with E-state index in [1.54, 1.807) is 0 Å². The molecule has 0 heterocycles. The normalized spacial score (nSPS) is 19.4. The van der Waals surface area contributed by atoms with Gasteiger partial charge in [-0.05, 0) is 38.5 Å². The Morgan fingerprint density at radius 1 is 0.765 bits per heavy atom. The molecular formula is C16H34N. The first-order valence-electron chi connectivity index (χ1n) is 7.46. The largest absolute Gasteiger partial charge is 0.229 e. The van der Waals surface area contributed by atoms with E-state index in [0.717, 1.165) is 0 Å². The summed E-state index contributed by atoms with van der Waals surface area (Å²) in [5, 5.41) is 5.32. The molecule has 0 bridgehead atoms. The Morgan fingerprint density at radius 2 is 1.06 bits per heavy atom. The average Bonchev–Trinajstić information content (AvgIpc) is 2.17. The topological polar surface area (TPSA) is 14.1 Å². The minimum absolute atomic E-state index is 0.142. The van der Waals surface area contributed by atoms with Crippen molar-refractivity contribution in [2.75, 3.05) is 0 Å². The monoisotopic (exact) mass is 240 g/mol. The van der Waals surface area contributed by atoms with Crippen LogP contribution in [-0.2, 0) is 0 Å². The van der Waals surface area contributed by atoms with Crippen molar-refractivity contribution < 1.29 is 0 Å². The van der Waals surface area contributed by atoms with E-state index in [2.05, 4.69) is 55.4 Å². The Morgan fingerprint density at radius 3 is 1.24 bits per heavy atom. The lowest BCUT2D eigenvalue weighted by molar-refractivity contribution is 0.116. The third kappa shape index (κ3) is 4.62. The van der Waals surface area contributed by atoms with Crippen LogP contribution in [0, 0.1) is 11.8 Å². The molecule has 0 amide bonds. The van der Waals surface area contributed by atoms with Crippen molar-refractivity contribution in [2.24, 2.45) is 11.8 Å². The first-order valence-corrected chi connectivity index (χ1v) is 7.46. The highest BCUT2D eigenvalue weighted by Gasteiger charge is 2.38. The molecule has 0 aromatic heterocycles. The van der Waals surface area contributed by atoms with E-state index in [1.807, 2.05) is 0 Å². The zero-order chi connectivity index (χ0) is 13.7. The Kier molecular flexibility index (Phi) is 6.76. The molecule has 103 valence electrons. The molecule has 0 aliphatic heterocycles. The minimum atomic E-state index is 0.142. The van der Waals surface area contributed by atoms with Gasteiger partial charge < -0.3 is 0 Å². The van der Waals surface area contributed by atoms with Crippen molar-refractivity contribution in [3.05, 3.63) is 0 Å². The molecule has 0 saturated carbocycles. The van der Waals surface area contributed by atoms with E-state index in [1.165, 1.54) is 25.7 Å². The van der Waals surface area contributed by atoms with E-state index < -0.39 is 0 Å². The fourth-order valence-electron chi connectivity index (χ4n) is 2.54. The molecule has 17 heavy (non-hydrogen) atoms. The summed E-state index contributed by atoms with van der Waals surface area (Å²) >= 11 is 0. The van der Waals surface area contributed by atoms with Crippen LogP contribution < -0.4 is 5.32 Å². The van der Waals surface area contributed by atoms with Crippen molar-refractivity contribution in [3.8, 4) is 0 Å². The smallest absolute Gasteiger partial charge is 0.0357 e. The number of rotatable bonds is 8. The maximum atomic E-state index is 5.32. The van der Waals surface area contributed by atoms with Gasteiger partial charge in [-0.1, -0.05) is 54.4 Å². The Labute approximate surface area is 110 Å². The van der Waals surface area contributed by atoms with Crippen LogP contribution >= 0.6 is 0 Å². The summed E-state index contributed by atoms with van der Waals surface area (Å²) in [6.45, 7) is 18.5. The first-order chi connectivity index (χ1) is 7.72. The van der Waals surface area contributed by atoms with Gasteiger partial charge in [-0.25, -0.2) is 5.32 Å². The second kappa shape index (κ2) is 6.78. The van der Waals surface area contributed by atoms with E-state index in [9.17, 15) is 0 Å². The molecule has 0 fully saturated rings. The van der Waals surface area contributed by atoms with Gasteiger partial charge in [-0.15, -0.1) is 0 Å². The van der Waals surface area contributed by atoms with Crippen molar-refractivity contribution in [1.82, 2.24) is 5.32 Å². The minimum Gasteiger partial charge on any atom is -0.229 e. The van der Waals surface area contributed by atoms with Gasteiger partial charge >= 0.3 is 0 Å². The third-order valence-corrected chi connectivity index (χ3v) is 4.51. The highest BCUT2D eigenvalue weighted by atomic mass is 15.1. The summed E-state index contributed by atoms with van der Waals surface area (Å²) in [4.78, 5) is 0. The molecule has 0 aromatic carbocycles. The molecule has 1 heteroatoms. The summed E-state index contributed by atoms with van der Waals surface area (Å²) in [7, 11) is 0. The summed E-state index contributed by atoms with van der Waals surface area (Å²) in [5.41, 5.74) is 0.284. The fraction of sp³-hybridized carbons (Fsp3) is 1.00. The van der Waals surface area contributed by atoms with Gasteiger partial charge in [-0.3, -0.25) is 0 Å². The average molecular weight is 240 g/mol. The van der Waals surface area contributed by atoms with Crippen LogP contribution in [0.2, 0.25) is 0 Å². The summed E-state index contributed by atoms with van der Waals surface area (Å²) in [5.74, 6) is 1.25. The van der Waals surface area contributed by atoms with Gasteiger partial charge in [0.15, 0.2) is 0 Å². The summed E-state index contributed by atoms with van der Waals surface area (Å²) < 4.78 is 0. The zero-order valence-corrected chi connectivity index (χ0v) is 13.4.